The number of carbonyl (C=O) groups is 1. The monoisotopic (exact) mass is 391 g/mol. The molecule has 0 radical (unpaired) electrons. The van der Waals surface area contributed by atoms with Crippen LogP contribution in [-0.4, -0.2) is 50.2 Å². The zero-order chi connectivity index (χ0) is 19.8. The number of nitrogens with one attached hydrogen (secondary N) is 1. The van der Waals surface area contributed by atoms with Crippen molar-refractivity contribution in [3.8, 4) is 22.8 Å². The molecule has 0 atom stereocenters. The summed E-state index contributed by atoms with van der Waals surface area (Å²) < 4.78 is 20.6. The molecule has 1 N–H and O–H groups in total. The molecule has 0 unspecified atom stereocenters. The molecule has 1 saturated heterocycles. The molecule has 3 heterocycles. The number of nitrogens with zero attached hydrogens (tertiary/aromatic N) is 4. The lowest BCUT2D eigenvalue weighted by molar-refractivity contribution is 0.157. The molecular weight excluding hydrogens is 373 g/mol. The molecule has 146 valence electrons. The highest BCUT2D eigenvalue weighted by Crippen LogP contribution is 2.31. The van der Waals surface area contributed by atoms with Crippen LogP contribution in [0, 0.1) is 5.82 Å². The maximum absolute atomic E-state index is 13.6. The lowest BCUT2D eigenvalue weighted by Gasteiger charge is -2.14. The van der Waals surface area contributed by atoms with Gasteiger partial charge in [0.1, 0.15) is 18.1 Å². The maximum Gasteiger partial charge on any atom is 0.410 e. The number of fused-ring (bicyclic) bond motifs is 1. The first kappa shape index (κ1) is 17.4. The van der Waals surface area contributed by atoms with Crippen molar-refractivity contribution in [2.24, 2.45) is 0 Å². The summed E-state index contributed by atoms with van der Waals surface area (Å²) in [5, 5.41) is 0. The first-order chi connectivity index (χ1) is 14.2. The van der Waals surface area contributed by atoms with Gasteiger partial charge in [-0.15, -0.1) is 0 Å². The number of cyclic esters (lactones) is 1. The molecule has 0 aliphatic carbocycles. The van der Waals surface area contributed by atoms with Crippen molar-refractivity contribution in [1.82, 2.24) is 24.4 Å². The van der Waals surface area contributed by atoms with Crippen molar-refractivity contribution in [2.45, 2.75) is 6.54 Å². The second-order valence-corrected chi connectivity index (χ2v) is 6.85. The molecule has 1 aliphatic rings. The number of hydrogen-bond donors (Lipinski definition) is 1. The van der Waals surface area contributed by atoms with Gasteiger partial charge in [-0.25, -0.2) is 19.2 Å². The normalized spacial score (nSPS) is 14.0. The first-order valence-electron chi connectivity index (χ1n) is 9.37. The molecule has 0 bridgehead atoms. The molecule has 1 fully saturated rings. The van der Waals surface area contributed by atoms with Crippen LogP contribution in [0.25, 0.3) is 33.8 Å². The summed E-state index contributed by atoms with van der Waals surface area (Å²) in [5.41, 5.74) is 3.81. The molecule has 2 aromatic heterocycles. The van der Waals surface area contributed by atoms with E-state index in [4.69, 9.17) is 4.74 Å². The van der Waals surface area contributed by atoms with Gasteiger partial charge in [0, 0.05) is 18.7 Å². The fourth-order valence-electron chi connectivity index (χ4n) is 3.56. The first-order valence-corrected chi connectivity index (χ1v) is 9.37. The second-order valence-electron chi connectivity index (χ2n) is 6.85. The molecule has 2 aromatic carbocycles. The summed E-state index contributed by atoms with van der Waals surface area (Å²) in [4.78, 5) is 25.9. The van der Waals surface area contributed by atoms with E-state index in [1.165, 1.54) is 12.1 Å². The van der Waals surface area contributed by atoms with Gasteiger partial charge in [-0.05, 0) is 18.2 Å². The van der Waals surface area contributed by atoms with E-state index >= 15 is 0 Å². The molecule has 29 heavy (non-hydrogen) atoms. The van der Waals surface area contributed by atoms with Gasteiger partial charge in [-0.2, -0.15) is 0 Å². The summed E-state index contributed by atoms with van der Waals surface area (Å²) in [6.07, 6.45) is 1.45. The summed E-state index contributed by atoms with van der Waals surface area (Å²) in [5.74, 6) is 0.281. The van der Waals surface area contributed by atoms with E-state index < -0.39 is 0 Å². The van der Waals surface area contributed by atoms with Gasteiger partial charge < -0.3 is 19.2 Å². The van der Waals surface area contributed by atoms with E-state index in [0.717, 1.165) is 17.0 Å². The number of aromatic amines is 1. The van der Waals surface area contributed by atoms with E-state index in [-0.39, 0.29) is 11.9 Å². The Morgan fingerprint density at radius 2 is 2.00 bits per heavy atom. The van der Waals surface area contributed by atoms with Crippen LogP contribution in [0.5, 0.6) is 0 Å². The van der Waals surface area contributed by atoms with Crippen LogP contribution in [0.3, 0.4) is 0 Å². The third-order valence-corrected chi connectivity index (χ3v) is 5.01. The predicted octanol–water partition coefficient (Wildman–Crippen LogP) is 3.68. The van der Waals surface area contributed by atoms with Crippen LogP contribution in [0.2, 0.25) is 0 Å². The number of ether oxygens (including phenoxy) is 1. The second kappa shape index (κ2) is 7.05. The SMILES string of the molecule is O=C1OCCN1CCn1cnc(-c2ccccc2)c1-c1nc2ccc(F)cc2[nH]1. The molecule has 1 aliphatic heterocycles. The maximum atomic E-state index is 13.6. The largest absolute Gasteiger partial charge is 0.448 e. The molecule has 1 amide bonds. The molecule has 5 rings (SSSR count). The van der Waals surface area contributed by atoms with Crippen LogP contribution in [0.15, 0.2) is 54.9 Å². The van der Waals surface area contributed by atoms with Crippen molar-refractivity contribution < 1.29 is 13.9 Å². The van der Waals surface area contributed by atoms with Crippen molar-refractivity contribution >= 4 is 17.1 Å². The highest BCUT2D eigenvalue weighted by atomic mass is 19.1. The summed E-state index contributed by atoms with van der Waals surface area (Å²) in [6.45, 7) is 2.04. The summed E-state index contributed by atoms with van der Waals surface area (Å²) in [7, 11) is 0. The minimum absolute atomic E-state index is 0.297. The molecule has 0 saturated carbocycles. The zero-order valence-electron chi connectivity index (χ0n) is 15.5. The Kier molecular flexibility index (Phi) is 4.23. The number of amides is 1. The summed E-state index contributed by atoms with van der Waals surface area (Å²) in [6, 6.07) is 14.3. The fraction of sp³-hybridized carbons (Fsp3) is 0.190. The minimum atomic E-state index is -0.322. The molecule has 8 heteroatoms. The highest BCUT2D eigenvalue weighted by Gasteiger charge is 2.23. The highest BCUT2D eigenvalue weighted by molar-refractivity contribution is 5.83. The van der Waals surface area contributed by atoms with Gasteiger partial charge >= 0.3 is 6.09 Å². The van der Waals surface area contributed by atoms with Crippen LogP contribution < -0.4 is 0 Å². The molecule has 0 spiro atoms. The lowest BCUT2D eigenvalue weighted by Crippen LogP contribution is -2.28. The van der Waals surface area contributed by atoms with E-state index in [1.54, 1.807) is 17.3 Å². The van der Waals surface area contributed by atoms with Gasteiger partial charge in [-0.3, -0.25) is 0 Å². The lowest BCUT2D eigenvalue weighted by atomic mass is 10.1. The quantitative estimate of drug-likeness (QED) is 0.563. The third kappa shape index (κ3) is 3.22. The van der Waals surface area contributed by atoms with Gasteiger partial charge in [0.2, 0.25) is 0 Å². The third-order valence-electron chi connectivity index (χ3n) is 5.01. The van der Waals surface area contributed by atoms with E-state index in [9.17, 15) is 9.18 Å². The number of aromatic nitrogens is 4. The van der Waals surface area contributed by atoms with Crippen LogP contribution in [0.1, 0.15) is 0 Å². The standard InChI is InChI=1S/C21H18FN5O2/c22-15-6-7-16-17(12-15)25-20(24-16)19-18(14-4-2-1-3-5-14)23-13-27(19)9-8-26-10-11-29-21(26)28/h1-7,12-13H,8-11H2,(H,24,25). The number of carbonyl (C=O) groups excluding carboxylic acids is 1. The van der Waals surface area contributed by atoms with E-state index in [2.05, 4.69) is 15.0 Å². The Morgan fingerprint density at radius 1 is 1.14 bits per heavy atom. The molecule has 4 aromatic rings. The average molecular weight is 391 g/mol. The Hall–Kier alpha value is -3.68. The van der Waals surface area contributed by atoms with E-state index in [1.807, 2.05) is 34.9 Å². The minimum Gasteiger partial charge on any atom is -0.448 e. The number of hydrogen-bond acceptors (Lipinski definition) is 4. The number of benzene rings is 2. The van der Waals surface area contributed by atoms with Crippen LogP contribution in [0.4, 0.5) is 9.18 Å². The Balaban J connectivity index is 1.57. The van der Waals surface area contributed by atoms with Crippen molar-refractivity contribution in [3.63, 3.8) is 0 Å². The van der Waals surface area contributed by atoms with Crippen molar-refractivity contribution in [1.29, 1.82) is 0 Å². The van der Waals surface area contributed by atoms with Crippen LogP contribution >= 0.6 is 0 Å². The number of imidazole rings is 2. The van der Waals surface area contributed by atoms with Gasteiger partial charge in [0.15, 0.2) is 5.82 Å². The number of halogens is 1. The molecular formula is C21H18FN5O2. The van der Waals surface area contributed by atoms with Gasteiger partial charge in [-0.1, -0.05) is 30.3 Å². The average Bonchev–Trinajstić information content (AvgIpc) is 3.44. The fourth-order valence-corrected chi connectivity index (χ4v) is 3.56. The zero-order valence-corrected chi connectivity index (χ0v) is 15.5. The molecule has 7 nitrogen and oxygen atoms in total. The van der Waals surface area contributed by atoms with Gasteiger partial charge in [0.05, 0.1) is 29.6 Å². The Morgan fingerprint density at radius 3 is 2.79 bits per heavy atom. The van der Waals surface area contributed by atoms with Gasteiger partial charge in [0.25, 0.3) is 0 Å². The van der Waals surface area contributed by atoms with Crippen molar-refractivity contribution in [3.05, 3.63) is 60.7 Å². The van der Waals surface area contributed by atoms with E-state index in [0.29, 0.717) is 43.1 Å². The number of rotatable bonds is 5. The van der Waals surface area contributed by atoms with Crippen LogP contribution in [-0.2, 0) is 11.3 Å². The smallest absolute Gasteiger partial charge is 0.410 e. The Labute approximate surface area is 165 Å². The topological polar surface area (TPSA) is 76.0 Å². The Bertz CT molecular complexity index is 1180. The predicted molar refractivity (Wildman–Crippen MR) is 106 cm³/mol. The van der Waals surface area contributed by atoms with Crippen molar-refractivity contribution in [2.75, 3.05) is 19.7 Å². The summed E-state index contributed by atoms with van der Waals surface area (Å²) >= 11 is 0. The number of H-pyrrole nitrogens is 1.